The van der Waals surface area contributed by atoms with E-state index in [1.807, 2.05) is 36.4 Å². The highest BCUT2D eigenvalue weighted by Crippen LogP contribution is 2.31. The van der Waals surface area contributed by atoms with Gasteiger partial charge in [-0.05, 0) is 36.8 Å². The first-order valence-electron chi connectivity index (χ1n) is 8.11. The summed E-state index contributed by atoms with van der Waals surface area (Å²) in [5.41, 5.74) is 1.31. The molecule has 3 aromatic rings. The summed E-state index contributed by atoms with van der Waals surface area (Å²) < 4.78 is 6.83. The number of aromatic amines is 1. The molecule has 0 radical (unpaired) electrons. The summed E-state index contributed by atoms with van der Waals surface area (Å²) in [5.74, 6) is 1.25. The van der Waals surface area contributed by atoms with Gasteiger partial charge in [-0.3, -0.25) is 4.79 Å². The standard InChI is InChI=1S/C19H19BrN2O2/c1-2-3-6-11-24-17-10-9-13(20)12-15(17)18-21-16-8-5-4-7-14(16)19(23)22-18/h4-5,7-10,12H,2-3,6,11H2,1H3,(H,21,22,23). The van der Waals surface area contributed by atoms with Gasteiger partial charge in [0.1, 0.15) is 11.6 Å². The van der Waals surface area contributed by atoms with Crippen LogP contribution in [0.4, 0.5) is 0 Å². The number of rotatable bonds is 6. The maximum absolute atomic E-state index is 12.3. The third kappa shape index (κ3) is 3.67. The van der Waals surface area contributed by atoms with E-state index in [0.717, 1.165) is 35.0 Å². The molecule has 1 aromatic heterocycles. The van der Waals surface area contributed by atoms with Crippen molar-refractivity contribution < 1.29 is 4.74 Å². The zero-order chi connectivity index (χ0) is 16.9. The van der Waals surface area contributed by atoms with Crippen molar-refractivity contribution in [1.82, 2.24) is 9.97 Å². The summed E-state index contributed by atoms with van der Waals surface area (Å²) in [5, 5.41) is 0.585. The van der Waals surface area contributed by atoms with Crippen LogP contribution in [0.5, 0.6) is 5.75 Å². The van der Waals surface area contributed by atoms with Crippen LogP contribution in [0, 0.1) is 0 Å². The van der Waals surface area contributed by atoms with Crippen LogP contribution in [0.2, 0.25) is 0 Å². The average Bonchev–Trinajstić information content (AvgIpc) is 2.59. The smallest absolute Gasteiger partial charge is 0.259 e. The van der Waals surface area contributed by atoms with E-state index >= 15 is 0 Å². The average molecular weight is 387 g/mol. The quantitative estimate of drug-likeness (QED) is 0.611. The summed E-state index contributed by atoms with van der Waals surface area (Å²) in [4.78, 5) is 19.8. The number of para-hydroxylation sites is 1. The fraction of sp³-hybridized carbons (Fsp3) is 0.263. The number of nitrogens with zero attached hydrogens (tertiary/aromatic N) is 1. The number of halogens is 1. The van der Waals surface area contributed by atoms with Crippen LogP contribution < -0.4 is 10.3 Å². The summed E-state index contributed by atoms with van der Waals surface area (Å²) in [6, 6.07) is 13.1. The van der Waals surface area contributed by atoms with Gasteiger partial charge >= 0.3 is 0 Å². The van der Waals surface area contributed by atoms with E-state index in [9.17, 15) is 4.79 Å². The Balaban J connectivity index is 2.01. The Bertz CT molecular complexity index is 905. The van der Waals surface area contributed by atoms with Crippen molar-refractivity contribution in [3.8, 4) is 17.1 Å². The molecule has 0 amide bonds. The number of hydrogen-bond donors (Lipinski definition) is 1. The maximum Gasteiger partial charge on any atom is 0.259 e. The van der Waals surface area contributed by atoms with E-state index in [4.69, 9.17) is 4.74 Å². The second-order valence-electron chi connectivity index (χ2n) is 5.63. The molecule has 5 heteroatoms. The number of ether oxygens (including phenoxy) is 1. The van der Waals surface area contributed by atoms with Crippen LogP contribution in [-0.2, 0) is 0 Å². The minimum absolute atomic E-state index is 0.146. The van der Waals surface area contributed by atoms with Crippen molar-refractivity contribution in [3.05, 3.63) is 57.3 Å². The fourth-order valence-corrected chi connectivity index (χ4v) is 2.92. The lowest BCUT2D eigenvalue weighted by Gasteiger charge is -2.12. The molecule has 0 saturated heterocycles. The van der Waals surface area contributed by atoms with Gasteiger partial charge in [0.15, 0.2) is 0 Å². The number of unbranched alkanes of at least 4 members (excludes halogenated alkanes) is 2. The molecule has 0 bridgehead atoms. The molecule has 1 N–H and O–H groups in total. The number of benzene rings is 2. The zero-order valence-corrected chi connectivity index (χ0v) is 15.1. The second kappa shape index (κ2) is 7.62. The summed E-state index contributed by atoms with van der Waals surface area (Å²) in [6.07, 6.45) is 3.29. The molecule has 2 aromatic carbocycles. The molecular formula is C19H19BrN2O2. The molecule has 0 aliphatic carbocycles. The summed E-state index contributed by atoms with van der Waals surface area (Å²) in [6.45, 7) is 2.81. The van der Waals surface area contributed by atoms with E-state index in [1.165, 1.54) is 0 Å². The lowest BCUT2D eigenvalue weighted by atomic mass is 10.1. The molecule has 0 aliphatic heterocycles. The van der Waals surface area contributed by atoms with Crippen molar-refractivity contribution >= 4 is 26.8 Å². The first-order valence-corrected chi connectivity index (χ1v) is 8.90. The molecule has 4 nitrogen and oxygen atoms in total. The van der Waals surface area contributed by atoms with Crippen LogP contribution in [-0.4, -0.2) is 16.6 Å². The predicted octanol–water partition coefficient (Wildman–Crippen LogP) is 4.92. The summed E-state index contributed by atoms with van der Waals surface area (Å²) in [7, 11) is 0. The first-order chi connectivity index (χ1) is 11.7. The van der Waals surface area contributed by atoms with E-state index in [0.29, 0.717) is 23.3 Å². The van der Waals surface area contributed by atoms with Gasteiger partial charge in [0, 0.05) is 4.47 Å². The van der Waals surface area contributed by atoms with Crippen molar-refractivity contribution in [1.29, 1.82) is 0 Å². The number of hydrogen-bond acceptors (Lipinski definition) is 3. The third-order valence-electron chi connectivity index (χ3n) is 3.82. The highest BCUT2D eigenvalue weighted by atomic mass is 79.9. The van der Waals surface area contributed by atoms with Crippen molar-refractivity contribution in [2.75, 3.05) is 6.61 Å². The van der Waals surface area contributed by atoms with Gasteiger partial charge in [0.2, 0.25) is 0 Å². The Morgan fingerprint density at radius 2 is 2.00 bits per heavy atom. The molecule has 124 valence electrons. The predicted molar refractivity (Wildman–Crippen MR) is 101 cm³/mol. The van der Waals surface area contributed by atoms with Gasteiger partial charge in [-0.2, -0.15) is 0 Å². The number of fused-ring (bicyclic) bond motifs is 1. The van der Waals surface area contributed by atoms with Gasteiger partial charge in [0.25, 0.3) is 5.56 Å². The first kappa shape index (κ1) is 16.7. The Kier molecular flexibility index (Phi) is 5.30. The number of nitrogens with one attached hydrogen (secondary N) is 1. The van der Waals surface area contributed by atoms with Crippen LogP contribution in [0.25, 0.3) is 22.3 Å². The Morgan fingerprint density at radius 3 is 2.83 bits per heavy atom. The van der Waals surface area contributed by atoms with Gasteiger partial charge in [-0.25, -0.2) is 4.98 Å². The molecule has 1 heterocycles. The van der Waals surface area contributed by atoms with E-state index in [-0.39, 0.29) is 5.56 Å². The molecule has 0 saturated carbocycles. The van der Waals surface area contributed by atoms with E-state index in [1.54, 1.807) is 6.07 Å². The highest BCUT2D eigenvalue weighted by molar-refractivity contribution is 9.10. The normalized spacial score (nSPS) is 10.9. The number of aromatic nitrogens is 2. The minimum atomic E-state index is -0.146. The third-order valence-corrected chi connectivity index (χ3v) is 4.31. The van der Waals surface area contributed by atoms with Crippen LogP contribution >= 0.6 is 15.9 Å². The van der Waals surface area contributed by atoms with Gasteiger partial charge in [-0.1, -0.05) is 47.8 Å². The van der Waals surface area contributed by atoms with Crippen LogP contribution in [0.1, 0.15) is 26.2 Å². The minimum Gasteiger partial charge on any atom is -0.493 e. The highest BCUT2D eigenvalue weighted by Gasteiger charge is 2.12. The molecule has 0 fully saturated rings. The van der Waals surface area contributed by atoms with Gasteiger partial charge < -0.3 is 9.72 Å². The second-order valence-corrected chi connectivity index (χ2v) is 6.54. The topological polar surface area (TPSA) is 55.0 Å². The molecule has 3 rings (SSSR count). The van der Waals surface area contributed by atoms with Crippen molar-refractivity contribution in [2.45, 2.75) is 26.2 Å². The van der Waals surface area contributed by atoms with Gasteiger partial charge in [-0.15, -0.1) is 0 Å². The molecule has 0 aliphatic rings. The molecule has 0 unspecified atom stereocenters. The molecule has 0 atom stereocenters. The van der Waals surface area contributed by atoms with Gasteiger partial charge in [0.05, 0.1) is 23.1 Å². The lowest BCUT2D eigenvalue weighted by Crippen LogP contribution is -2.10. The summed E-state index contributed by atoms with van der Waals surface area (Å²) >= 11 is 3.48. The zero-order valence-electron chi connectivity index (χ0n) is 13.5. The van der Waals surface area contributed by atoms with Crippen LogP contribution in [0.15, 0.2) is 51.7 Å². The largest absolute Gasteiger partial charge is 0.493 e. The fourth-order valence-electron chi connectivity index (χ4n) is 2.56. The Labute approximate surface area is 149 Å². The lowest BCUT2D eigenvalue weighted by molar-refractivity contribution is 0.307. The molecule has 24 heavy (non-hydrogen) atoms. The monoisotopic (exact) mass is 386 g/mol. The van der Waals surface area contributed by atoms with Crippen molar-refractivity contribution in [2.24, 2.45) is 0 Å². The Hall–Kier alpha value is -2.14. The van der Waals surface area contributed by atoms with Crippen molar-refractivity contribution in [3.63, 3.8) is 0 Å². The Morgan fingerprint density at radius 1 is 1.17 bits per heavy atom. The molecule has 0 spiro atoms. The number of H-pyrrole nitrogens is 1. The maximum atomic E-state index is 12.3. The van der Waals surface area contributed by atoms with E-state index < -0.39 is 0 Å². The SMILES string of the molecule is CCCCCOc1ccc(Br)cc1-c1nc2ccccc2c(=O)[nH]1. The molecular weight excluding hydrogens is 368 g/mol. The van der Waals surface area contributed by atoms with E-state index in [2.05, 4.69) is 32.8 Å². The van der Waals surface area contributed by atoms with Crippen LogP contribution in [0.3, 0.4) is 0 Å².